The van der Waals surface area contributed by atoms with Crippen molar-refractivity contribution < 1.29 is 14.3 Å². The van der Waals surface area contributed by atoms with Gasteiger partial charge in [-0.25, -0.2) is 4.79 Å². The van der Waals surface area contributed by atoms with Crippen LogP contribution in [0.3, 0.4) is 0 Å². The second-order valence-corrected chi connectivity index (χ2v) is 7.40. The van der Waals surface area contributed by atoms with Crippen molar-refractivity contribution in [1.29, 1.82) is 0 Å². The summed E-state index contributed by atoms with van der Waals surface area (Å²) >= 11 is 5.69. The molecule has 2 aliphatic heterocycles. The largest absolute Gasteiger partial charge is 0.467 e. The van der Waals surface area contributed by atoms with Crippen LogP contribution in [0.25, 0.3) is 0 Å². The highest BCUT2D eigenvalue weighted by molar-refractivity contribution is 7.80. The number of rotatable bonds is 3. The summed E-state index contributed by atoms with van der Waals surface area (Å²) in [6.45, 7) is 6.37. The van der Waals surface area contributed by atoms with Gasteiger partial charge in [-0.2, -0.15) is 0 Å². The van der Waals surface area contributed by atoms with E-state index in [1.807, 2.05) is 35.2 Å². The zero-order valence-corrected chi connectivity index (χ0v) is 16.4. The van der Waals surface area contributed by atoms with Crippen molar-refractivity contribution in [2.45, 2.75) is 32.5 Å². The minimum Gasteiger partial charge on any atom is -0.467 e. The monoisotopic (exact) mass is 382 g/mol. The first-order valence-electron chi connectivity index (χ1n) is 9.11. The molecule has 2 heterocycles. The maximum Gasteiger partial charge on any atom is 0.338 e. The second kappa shape index (κ2) is 6.53. The Hall–Kier alpha value is -2.60. The number of fused-ring (bicyclic) bond motifs is 4. The first-order chi connectivity index (χ1) is 13.0. The van der Waals surface area contributed by atoms with Crippen molar-refractivity contribution >= 4 is 29.0 Å². The third-order valence-corrected chi connectivity index (χ3v) is 5.78. The fourth-order valence-corrected chi connectivity index (χ4v) is 4.32. The van der Waals surface area contributed by atoms with Crippen LogP contribution in [0.4, 0.5) is 5.69 Å². The number of carbonyl (C=O) groups is 1. The highest BCUT2D eigenvalue weighted by Gasteiger charge is 2.53. The quantitative estimate of drug-likeness (QED) is 0.639. The molecule has 2 bridgehead atoms. The molecular formula is C21H22N2O3S. The SMILES string of the molecule is CCOC(=O)c1ccc(N2C(=S)NC3c4ccccc4OC2(C)C3C)cc1. The van der Waals surface area contributed by atoms with Crippen LogP contribution in [0.15, 0.2) is 48.5 Å². The lowest BCUT2D eigenvalue weighted by Crippen LogP contribution is -2.69. The number of ether oxygens (including phenoxy) is 2. The first kappa shape index (κ1) is 17.8. The number of hydrogen-bond acceptors (Lipinski definition) is 4. The van der Waals surface area contributed by atoms with Gasteiger partial charge in [0.05, 0.1) is 18.2 Å². The van der Waals surface area contributed by atoms with E-state index in [4.69, 9.17) is 21.7 Å². The topological polar surface area (TPSA) is 50.8 Å². The molecular weight excluding hydrogens is 360 g/mol. The van der Waals surface area contributed by atoms with E-state index in [1.54, 1.807) is 19.1 Å². The molecule has 3 atom stereocenters. The number of anilines is 1. The van der Waals surface area contributed by atoms with Crippen molar-refractivity contribution in [3.63, 3.8) is 0 Å². The van der Waals surface area contributed by atoms with Gasteiger partial charge in [0.25, 0.3) is 0 Å². The van der Waals surface area contributed by atoms with Gasteiger partial charge in [0, 0.05) is 17.2 Å². The summed E-state index contributed by atoms with van der Waals surface area (Å²) < 4.78 is 11.5. The van der Waals surface area contributed by atoms with Gasteiger partial charge in [0.1, 0.15) is 5.75 Å². The normalized spacial score (nSPS) is 25.9. The predicted octanol–water partition coefficient (Wildman–Crippen LogP) is 4.04. The van der Waals surface area contributed by atoms with Crippen molar-refractivity contribution in [2.75, 3.05) is 11.5 Å². The third-order valence-electron chi connectivity index (χ3n) is 5.48. The predicted molar refractivity (Wildman–Crippen MR) is 108 cm³/mol. The van der Waals surface area contributed by atoms with Gasteiger partial charge in [-0.1, -0.05) is 25.1 Å². The number of para-hydroxylation sites is 1. The molecule has 6 heteroatoms. The third kappa shape index (κ3) is 2.75. The average molecular weight is 382 g/mol. The van der Waals surface area contributed by atoms with E-state index in [1.165, 1.54) is 0 Å². The van der Waals surface area contributed by atoms with Crippen molar-refractivity contribution in [2.24, 2.45) is 5.92 Å². The minimum absolute atomic E-state index is 0.0995. The maximum atomic E-state index is 11.9. The molecule has 5 nitrogen and oxygen atoms in total. The lowest BCUT2D eigenvalue weighted by molar-refractivity contribution is -0.00316. The second-order valence-electron chi connectivity index (χ2n) is 7.01. The van der Waals surface area contributed by atoms with Crippen molar-refractivity contribution in [3.8, 4) is 5.75 Å². The molecule has 0 saturated carbocycles. The number of thiocarbonyl (C=S) groups is 1. The number of hydrogen-bond donors (Lipinski definition) is 1. The summed E-state index contributed by atoms with van der Waals surface area (Å²) in [5.74, 6) is 0.695. The summed E-state index contributed by atoms with van der Waals surface area (Å²) in [5.41, 5.74) is 1.88. The molecule has 1 fully saturated rings. The lowest BCUT2D eigenvalue weighted by atomic mass is 9.80. The zero-order valence-electron chi connectivity index (χ0n) is 15.6. The molecule has 4 rings (SSSR count). The van der Waals surface area contributed by atoms with Crippen LogP contribution in [0.2, 0.25) is 0 Å². The van der Waals surface area contributed by atoms with Crippen molar-refractivity contribution in [1.82, 2.24) is 5.32 Å². The fourth-order valence-electron chi connectivity index (χ4n) is 3.91. The molecule has 1 N–H and O–H groups in total. The fraction of sp³-hybridized carbons (Fsp3) is 0.333. The Kier molecular flexibility index (Phi) is 4.30. The summed E-state index contributed by atoms with van der Waals surface area (Å²) in [5, 5.41) is 4.08. The lowest BCUT2D eigenvalue weighted by Gasteiger charge is -2.56. The number of benzene rings is 2. The van der Waals surface area contributed by atoms with Gasteiger partial charge in [-0.05, 0) is 56.4 Å². The molecule has 0 aromatic heterocycles. The van der Waals surface area contributed by atoms with Gasteiger partial charge in [0.15, 0.2) is 10.8 Å². The van der Waals surface area contributed by atoms with Crippen LogP contribution >= 0.6 is 12.2 Å². The molecule has 0 amide bonds. The molecule has 2 aromatic rings. The summed E-state index contributed by atoms with van der Waals surface area (Å²) in [7, 11) is 0. The Labute approximate surface area is 164 Å². The highest BCUT2D eigenvalue weighted by Crippen LogP contribution is 2.48. The van der Waals surface area contributed by atoms with Gasteiger partial charge < -0.3 is 14.8 Å². The van der Waals surface area contributed by atoms with Crippen molar-refractivity contribution in [3.05, 3.63) is 59.7 Å². The maximum absolute atomic E-state index is 11.9. The number of nitrogens with one attached hydrogen (secondary N) is 1. The van der Waals surface area contributed by atoms with Gasteiger partial charge in [-0.15, -0.1) is 0 Å². The van der Waals surface area contributed by atoms with Crippen LogP contribution in [0.1, 0.15) is 42.7 Å². The van der Waals surface area contributed by atoms with Crippen LogP contribution < -0.4 is 15.0 Å². The smallest absolute Gasteiger partial charge is 0.338 e. The Morgan fingerprint density at radius 3 is 2.67 bits per heavy atom. The van der Waals surface area contributed by atoms with Crippen LogP contribution in [0.5, 0.6) is 5.75 Å². The van der Waals surface area contributed by atoms with E-state index in [0.717, 1.165) is 17.0 Å². The molecule has 3 unspecified atom stereocenters. The van der Waals surface area contributed by atoms with Gasteiger partial charge in [-0.3, -0.25) is 4.90 Å². The Bertz CT molecular complexity index is 899. The minimum atomic E-state index is -0.632. The molecule has 2 aromatic carbocycles. The van der Waals surface area contributed by atoms with Crippen LogP contribution in [0, 0.1) is 5.92 Å². The zero-order chi connectivity index (χ0) is 19.2. The molecule has 0 radical (unpaired) electrons. The number of nitrogens with zero attached hydrogens (tertiary/aromatic N) is 1. The Balaban J connectivity index is 1.72. The van der Waals surface area contributed by atoms with E-state index in [-0.39, 0.29) is 17.9 Å². The van der Waals surface area contributed by atoms with Crippen LogP contribution in [-0.4, -0.2) is 23.4 Å². The van der Waals surface area contributed by atoms with Gasteiger partial charge >= 0.3 is 5.97 Å². The highest BCUT2D eigenvalue weighted by atomic mass is 32.1. The van der Waals surface area contributed by atoms with E-state index < -0.39 is 5.72 Å². The first-order valence-corrected chi connectivity index (χ1v) is 9.52. The van der Waals surface area contributed by atoms with Gasteiger partial charge in [0.2, 0.25) is 0 Å². The number of carbonyl (C=O) groups excluding carboxylic acids is 1. The van der Waals surface area contributed by atoms with E-state index in [0.29, 0.717) is 17.3 Å². The standard InChI is InChI=1S/C21H22N2O3S/c1-4-25-19(24)14-9-11-15(12-10-14)23-20(27)22-18-13(2)21(23,3)26-17-8-6-5-7-16(17)18/h5-13,18H,4H2,1-3H3,(H,22,27). The Morgan fingerprint density at radius 2 is 1.96 bits per heavy atom. The molecule has 27 heavy (non-hydrogen) atoms. The molecule has 0 aliphatic carbocycles. The van der Waals surface area contributed by atoms with E-state index >= 15 is 0 Å². The summed E-state index contributed by atoms with van der Waals surface area (Å²) in [6, 6.07) is 15.4. The summed E-state index contributed by atoms with van der Waals surface area (Å²) in [6.07, 6.45) is 0. The molecule has 140 valence electrons. The molecule has 2 aliphatic rings. The number of esters is 1. The summed E-state index contributed by atoms with van der Waals surface area (Å²) in [4.78, 5) is 13.9. The van der Waals surface area contributed by atoms with Crippen LogP contribution in [-0.2, 0) is 4.74 Å². The van der Waals surface area contributed by atoms with E-state index in [9.17, 15) is 4.79 Å². The van der Waals surface area contributed by atoms with E-state index in [2.05, 4.69) is 25.2 Å². The average Bonchev–Trinajstić information content (AvgIpc) is 2.65. The Morgan fingerprint density at radius 1 is 1.26 bits per heavy atom. The molecule has 0 spiro atoms. The molecule has 1 saturated heterocycles.